The number of rotatable bonds is 5. The van der Waals surface area contributed by atoms with Gasteiger partial charge in [-0.25, -0.2) is 4.79 Å². The Bertz CT molecular complexity index is 716. The number of thioether (sulfide) groups is 1. The second-order valence-electron chi connectivity index (χ2n) is 6.03. The van der Waals surface area contributed by atoms with E-state index in [2.05, 4.69) is 27.8 Å². The molecule has 8 nitrogen and oxygen atoms in total. The summed E-state index contributed by atoms with van der Waals surface area (Å²) in [6.07, 6.45) is 5.86. The summed E-state index contributed by atoms with van der Waals surface area (Å²) in [4.78, 5) is 23.8. The fraction of sp³-hybridized carbons (Fsp3) is 0.500. The molecule has 0 saturated heterocycles. The van der Waals surface area contributed by atoms with Gasteiger partial charge >= 0.3 is 6.03 Å². The molecule has 0 spiro atoms. The van der Waals surface area contributed by atoms with Gasteiger partial charge in [0.1, 0.15) is 0 Å². The summed E-state index contributed by atoms with van der Waals surface area (Å²) in [6, 6.07) is 3.09. The number of aromatic nitrogens is 2. The highest BCUT2D eigenvalue weighted by molar-refractivity contribution is 7.99. The minimum atomic E-state index is -0.453. The van der Waals surface area contributed by atoms with Crippen LogP contribution in [0.25, 0.3) is 11.7 Å². The minimum Gasteiger partial charge on any atom is -0.459 e. The van der Waals surface area contributed by atoms with Gasteiger partial charge in [-0.1, -0.05) is 31.5 Å². The van der Waals surface area contributed by atoms with Gasteiger partial charge in [-0.3, -0.25) is 10.1 Å². The molecule has 2 aromatic rings. The van der Waals surface area contributed by atoms with Crippen LogP contribution in [0.3, 0.4) is 0 Å². The van der Waals surface area contributed by atoms with Crippen molar-refractivity contribution >= 4 is 23.7 Å². The Kier molecular flexibility index (Phi) is 5.75. The van der Waals surface area contributed by atoms with Crippen LogP contribution in [0, 0.1) is 5.92 Å². The van der Waals surface area contributed by atoms with Gasteiger partial charge in [0.2, 0.25) is 5.91 Å². The van der Waals surface area contributed by atoms with Gasteiger partial charge in [0.25, 0.3) is 11.1 Å². The third-order valence-corrected chi connectivity index (χ3v) is 4.96. The lowest BCUT2D eigenvalue weighted by Crippen LogP contribution is -2.48. The normalized spacial score (nSPS) is 20.2. The van der Waals surface area contributed by atoms with Gasteiger partial charge in [0, 0.05) is 6.04 Å². The third-order valence-electron chi connectivity index (χ3n) is 4.15. The molecule has 3 amide bonds. The summed E-state index contributed by atoms with van der Waals surface area (Å²) in [5, 5.41) is 13.1. The summed E-state index contributed by atoms with van der Waals surface area (Å²) in [5.74, 6) is 0.737. The number of hydrogen-bond acceptors (Lipinski definition) is 7. The molecule has 134 valence electrons. The van der Waals surface area contributed by atoms with Crippen molar-refractivity contribution in [3.8, 4) is 11.7 Å². The number of nitrogens with one attached hydrogen (secondary N) is 2. The SMILES string of the molecule is C[C@H]1CCCC[C@@H]1NC(=O)NC(=O)CSc1nnc(-c2ccco2)o1. The number of furan rings is 1. The standard InChI is InChI=1S/C16H20N4O4S/c1-10-5-2-3-6-11(10)17-15(22)18-13(21)9-25-16-20-19-14(24-16)12-7-4-8-23-12/h4,7-8,10-11H,2-3,5-6,9H2,1H3,(H2,17,18,21,22)/t10-,11-/m0/s1. The fourth-order valence-corrected chi connectivity index (χ4v) is 3.36. The largest absolute Gasteiger partial charge is 0.459 e. The predicted molar refractivity (Wildman–Crippen MR) is 90.8 cm³/mol. The summed E-state index contributed by atoms with van der Waals surface area (Å²) in [7, 11) is 0. The Labute approximate surface area is 149 Å². The Hall–Kier alpha value is -2.29. The third kappa shape index (κ3) is 4.85. The van der Waals surface area contributed by atoms with Crippen molar-refractivity contribution in [1.82, 2.24) is 20.8 Å². The Morgan fingerprint density at radius 3 is 2.92 bits per heavy atom. The molecule has 0 aromatic carbocycles. The fourth-order valence-electron chi connectivity index (χ4n) is 2.79. The van der Waals surface area contributed by atoms with Crippen molar-refractivity contribution in [2.24, 2.45) is 5.92 Å². The van der Waals surface area contributed by atoms with Crippen LogP contribution in [-0.2, 0) is 4.79 Å². The van der Waals surface area contributed by atoms with Crippen LogP contribution in [-0.4, -0.2) is 33.9 Å². The first-order valence-corrected chi connectivity index (χ1v) is 9.21. The number of imide groups is 1. The maximum atomic E-state index is 11.9. The first kappa shape index (κ1) is 17.5. The molecule has 1 saturated carbocycles. The van der Waals surface area contributed by atoms with E-state index in [1.54, 1.807) is 12.1 Å². The number of amides is 3. The molecule has 1 aliphatic rings. The summed E-state index contributed by atoms with van der Waals surface area (Å²) in [5.41, 5.74) is 0. The van der Waals surface area contributed by atoms with Crippen LogP contribution in [0.2, 0.25) is 0 Å². The Morgan fingerprint density at radius 1 is 1.32 bits per heavy atom. The first-order chi connectivity index (χ1) is 12.1. The highest BCUT2D eigenvalue weighted by atomic mass is 32.2. The predicted octanol–water partition coefficient (Wildman–Crippen LogP) is 2.83. The van der Waals surface area contributed by atoms with Crippen molar-refractivity contribution in [1.29, 1.82) is 0 Å². The van der Waals surface area contributed by atoms with Crippen molar-refractivity contribution in [3.05, 3.63) is 18.4 Å². The highest BCUT2D eigenvalue weighted by Crippen LogP contribution is 2.24. The van der Waals surface area contributed by atoms with Crippen molar-refractivity contribution < 1.29 is 18.4 Å². The van der Waals surface area contributed by atoms with Crippen LogP contribution in [0.1, 0.15) is 32.6 Å². The number of hydrogen-bond donors (Lipinski definition) is 2. The van der Waals surface area contributed by atoms with Gasteiger partial charge in [-0.05, 0) is 30.9 Å². The van der Waals surface area contributed by atoms with E-state index in [-0.39, 0.29) is 22.9 Å². The van der Waals surface area contributed by atoms with Crippen LogP contribution >= 0.6 is 11.8 Å². The number of carbonyl (C=O) groups excluding carboxylic acids is 2. The van der Waals surface area contributed by atoms with E-state index in [4.69, 9.17) is 8.83 Å². The number of urea groups is 1. The molecule has 0 unspecified atom stereocenters. The average molecular weight is 364 g/mol. The zero-order chi connectivity index (χ0) is 17.6. The van der Waals surface area contributed by atoms with Crippen molar-refractivity contribution in [3.63, 3.8) is 0 Å². The van der Waals surface area contributed by atoms with E-state index >= 15 is 0 Å². The van der Waals surface area contributed by atoms with Gasteiger partial charge in [-0.15, -0.1) is 10.2 Å². The van der Waals surface area contributed by atoms with Crippen molar-refractivity contribution in [2.45, 2.75) is 43.9 Å². The van der Waals surface area contributed by atoms with E-state index in [9.17, 15) is 9.59 Å². The van der Waals surface area contributed by atoms with Gasteiger partial charge in [0.15, 0.2) is 5.76 Å². The molecule has 0 radical (unpaired) electrons. The molecule has 1 aliphatic carbocycles. The minimum absolute atomic E-state index is 0.00737. The Balaban J connectivity index is 1.42. The summed E-state index contributed by atoms with van der Waals surface area (Å²) >= 11 is 1.06. The molecule has 9 heteroatoms. The number of nitrogens with zero attached hydrogens (tertiary/aromatic N) is 2. The molecule has 25 heavy (non-hydrogen) atoms. The topological polar surface area (TPSA) is 110 Å². The zero-order valence-corrected chi connectivity index (χ0v) is 14.7. The molecule has 2 heterocycles. The van der Waals surface area contributed by atoms with Crippen LogP contribution < -0.4 is 10.6 Å². The van der Waals surface area contributed by atoms with E-state index in [1.807, 2.05) is 0 Å². The highest BCUT2D eigenvalue weighted by Gasteiger charge is 2.23. The van der Waals surface area contributed by atoms with Gasteiger partial charge in [-0.2, -0.15) is 0 Å². The second kappa shape index (κ2) is 8.19. The molecule has 2 atom stereocenters. The molecule has 0 bridgehead atoms. The van der Waals surface area contributed by atoms with Gasteiger partial charge < -0.3 is 14.2 Å². The zero-order valence-electron chi connectivity index (χ0n) is 13.9. The lowest BCUT2D eigenvalue weighted by Gasteiger charge is -2.29. The smallest absolute Gasteiger partial charge is 0.321 e. The molecule has 0 aliphatic heterocycles. The van der Waals surface area contributed by atoms with E-state index < -0.39 is 11.9 Å². The van der Waals surface area contributed by atoms with Crippen LogP contribution in [0.4, 0.5) is 4.79 Å². The lowest BCUT2D eigenvalue weighted by atomic mass is 9.86. The molecule has 2 aromatic heterocycles. The Morgan fingerprint density at radius 2 is 2.16 bits per heavy atom. The average Bonchev–Trinajstić information content (AvgIpc) is 3.26. The second-order valence-corrected chi connectivity index (χ2v) is 6.96. The van der Waals surface area contributed by atoms with E-state index in [1.165, 1.54) is 12.7 Å². The summed E-state index contributed by atoms with van der Waals surface area (Å²) < 4.78 is 10.5. The molecule has 2 N–H and O–H groups in total. The number of carbonyl (C=O) groups is 2. The van der Waals surface area contributed by atoms with E-state index in [0.29, 0.717) is 11.7 Å². The quantitative estimate of drug-likeness (QED) is 0.785. The van der Waals surface area contributed by atoms with E-state index in [0.717, 1.165) is 31.0 Å². The molecular formula is C16H20N4O4S. The van der Waals surface area contributed by atoms with Crippen molar-refractivity contribution in [2.75, 3.05) is 5.75 Å². The maximum Gasteiger partial charge on any atom is 0.321 e. The lowest BCUT2D eigenvalue weighted by molar-refractivity contribution is -0.117. The molecular weight excluding hydrogens is 344 g/mol. The van der Waals surface area contributed by atoms with Crippen LogP contribution in [0.5, 0.6) is 0 Å². The first-order valence-electron chi connectivity index (χ1n) is 8.22. The maximum absolute atomic E-state index is 11.9. The molecule has 3 rings (SSSR count). The van der Waals surface area contributed by atoms with Gasteiger partial charge in [0.05, 0.1) is 12.0 Å². The monoisotopic (exact) mass is 364 g/mol. The molecule has 1 fully saturated rings. The van der Waals surface area contributed by atoms with Crippen LogP contribution in [0.15, 0.2) is 32.5 Å². The summed E-state index contributed by atoms with van der Waals surface area (Å²) in [6.45, 7) is 2.12.